The third kappa shape index (κ3) is 4.85. The molecule has 0 bridgehead atoms. The monoisotopic (exact) mass is 508 g/mol. The van der Waals surface area contributed by atoms with Crippen LogP contribution in [0.15, 0.2) is 28.9 Å². The molecule has 1 fully saturated rings. The molecule has 0 spiro atoms. The third-order valence-electron chi connectivity index (χ3n) is 6.30. The van der Waals surface area contributed by atoms with Gasteiger partial charge in [0.1, 0.15) is 35.8 Å². The minimum atomic E-state index is -1.23. The van der Waals surface area contributed by atoms with E-state index in [2.05, 4.69) is 15.5 Å². The molecule has 0 radical (unpaired) electrons. The highest BCUT2D eigenvalue weighted by Crippen LogP contribution is 2.35. The number of hydrogen-bond donors (Lipinski definition) is 2. The number of ether oxygens (including phenoxy) is 3. The van der Waals surface area contributed by atoms with Crippen molar-refractivity contribution in [2.45, 2.75) is 63.1 Å². The number of hydrogen-bond acceptors (Lipinski definition) is 9. The van der Waals surface area contributed by atoms with Crippen LogP contribution in [0, 0.1) is 11.6 Å². The third-order valence-corrected chi connectivity index (χ3v) is 6.30. The Balaban J connectivity index is 1.65. The zero-order valence-electron chi connectivity index (χ0n) is 20.7. The SMILES string of the molecule is COc1ccc(-c2cn([C@H]3[C@@H](O)[C@@H](CO)O[C@H](Cc4cc(C(C)(C)C)on4)[C@@H]3OC)nn2)c(F)c1F. The molecular weight excluding hydrogens is 478 g/mol. The Hall–Kier alpha value is -2.93. The lowest BCUT2D eigenvalue weighted by Crippen LogP contribution is -2.57. The van der Waals surface area contributed by atoms with E-state index in [-0.39, 0.29) is 28.8 Å². The van der Waals surface area contributed by atoms with Gasteiger partial charge in [0.15, 0.2) is 11.6 Å². The van der Waals surface area contributed by atoms with Gasteiger partial charge in [0, 0.05) is 30.6 Å². The zero-order chi connectivity index (χ0) is 26.2. The predicted molar refractivity (Wildman–Crippen MR) is 122 cm³/mol. The fourth-order valence-electron chi connectivity index (χ4n) is 4.33. The molecule has 2 N–H and O–H groups in total. The summed E-state index contributed by atoms with van der Waals surface area (Å²) < 4.78 is 52.1. The van der Waals surface area contributed by atoms with Gasteiger partial charge in [-0.1, -0.05) is 31.1 Å². The minimum Gasteiger partial charge on any atom is -0.494 e. The summed E-state index contributed by atoms with van der Waals surface area (Å²) in [5, 5.41) is 33.0. The first-order chi connectivity index (χ1) is 17.1. The van der Waals surface area contributed by atoms with Crippen molar-refractivity contribution in [1.29, 1.82) is 0 Å². The number of aliphatic hydroxyl groups is 2. The number of aliphatic hydroxyl groups excluding tert-OH is 2. The van der Waals surface area contributed by atoms with E-state index in [1.165, 1.54) is 37.2 Å². The van der Waals surface area contributed by atoms with Crippen LogP contribution in [-0.2, 0) is 21.3 Å². The smallest absolute Gasteiger partial charge is 0.201 e. The second-order valence-electron chi connectivity index (χ2n) is 9.74. The average Bonchev–Trinajstić information content (AvgIpc) is 3.51. The molecule has 0 amide bonds. The van der Waals surface area contributed by atoms with Gasteiger partial charge in [0.25, 0.3) is 0 Å². The van der Waals surface area contributed by atoms with Gasteiger partial charge >= 0.3 is 0 Å². The summed E-state index contributed by atoms with van der Waals surface area (Å²) in [5.41, 5.74) is 0.307. The van der Waals surface area contributed by atoms with Crippen LogP contribution in [0.1, 0.15) is 38.3 Å². The van der Waals surface area contributed by atoms with E-state index < -0.39 is 48.7 Å². The van der Waals surface area contributed by atoms with Crippen molar-refractivity contribution in [2.24, 2.45) is 0 Å². The predicted octanol–water partition coefficient (Wildman–Crippen LogP) is 2.44. The Morgan fingerprint density at radius 1 is 1.14 bits per heavy atom. The quantitative estimate of drug-likeness (QED) is 0.495. The topological polar surface area (TPSA) is 125 Å². The maximum atomic E-state index is 14.6. The highest BCUT2D eigenvalue weighted by atomic mass is 19.2. The zero-order valence-corrected chi connectivity index (χ0v) is 20.7. The second-order valence-corrected chi connectivity index (χ2v) is 9.74. The van der Waals surface area contributed by atoms with Crippen molar-refractivity contribution >= 4 is 0 Å². The van der Waals surface area contributed by atoms with Crippen molar-refractivity contribution < 1.29 is 37.7 Å². The fourth-order valence-corrected chi connectivity index (χ4v) is 4.33. The van der Waals surface area contributed by atoms with Crippen LogP contribution in [0.2, 0.25) is 0 Å². The highest BCUT2D eigenvalue weighted by molar-refractivity contribution is 5.60. The van der Waals surface area contributed by atoms with Crippen molar-refractivity contribution in [3.8, 4) is 17.0 Å². The maximum Gasteiger partial charge on any atom is 0.201 e. The summed E-state index contributed by atoms with van der Waals surface area (Å²) in [6, 6.07) is 3.59. The summed E-state index contributed by atoms with van der Waals surface area (Å²) in [7, 11) is 2.70. The molecule has 1 saturated heterocycles. The number of benzene rings is 1. The van der Waals surface area contributed by atoms with Gasteiger partial charge in [-0.15, -0.1) is 5.10 Å². The van der Waals surface area contributed by atoms with E-state index >= 15 is 0 Å². The van der Waals surface area contributed by atoms with Crippen molar-refractivity contribution in [3.63, 3.8) is 0 Å². The lowest BCUT2D eigenvalue weighted by Gasteiger charge is -2.43. The van der Waals surface area contributed by atoms with Gasteiger partial charge < -0.3 is 28.9 Å². The van der Waals surface area contributed by atoms with E-state index in [4.69, 9.17) is 18.7 Å². The van der Waals surface area contributed by atoms with E-state index in [0.29, 0.717) is 11.5 Å². The molecule has 1 aliphatic heterocycles. The summed E-state index contributed by atoms with van der Waals surface area (Å²) in [6.45, 7) is 5.54. The lowest BCUT2D eigenvalue weighted by molar-refractivity contribution is -0.212. The minimum absolute atomic E-state index is 0.0472. The van der Waals surface area contributed by atoms with Crippen LogP contribution in [0.25, 0.3) is 11.3 Å². The summed E-state index contributed by atoms with van der Waals surface area (Å²) >= 11 is 0. The molecule has 10 nitrogen and oxygen atoms in total. The molecule has 0 aliphatic carbocycles. The number of nitrogens with zero attached hydrogens (tertiary/aromatic N) is 4. The standard InChI is InChI=1S/C24H30F2N4O6/c1-24(2,3)18-9-12(28-36-18)8-16-23(34-5)21(22(32)17(11-31)35-16)30-10-14(27-29-30)13-6-7-15(33-4)20(26)19(13)25/h6-7,9-10,16-17,21-23,31-32H,8,11H2,1-5H3/t16-,17-,21+,22+,23+/m1/s1. The van der Waals surface area contributed by atoms with E-state index in [0.717, 1.165) is 0 Å². The number of methoxy groups -OCH3 is 2. The molecule has 0 saturated carbocycles. The first kappa shape index (κ1) is 26.1. The van der Waals surface area contributed by atoms with Crippen LogP contribution in [0.4, 0.5) is 8.78 Å². The Labute approximate surface area is 206 Å². The van der Waals surface area contributed by atoms with Gasteiger partial charge in [0.2, 0.25) is 5.82 Å². The van der Waals surface area contributed by atoms with Crippen LogP contribution in [-0.4, -0.2) is 75.6 Å². The van der Waals surface area contributed by atoms with E-state index in [1.54, 1.807) is 0 Å². The molecule has 196 valence electrons. The molecule has 4 rings (SSSR count). The lowest BCUT2D eigenvalue weighted by atomic mass is 9.89. The highest BCUT2D eigenvalue weighted by Gasteiger charge is 2.47. The summed E-state index contributed by atoms with van der Waals surface area (Å²) in [6.07, 6.45) is -1.91. The van der Waals surface area contributed by atoms with Gasteiger partial charge in [-0.05, 0) is 12.1 Å². The van der Waals surface area contributed by atoms with Gasteiger partial charge in [0.05, 0.1) is 31.7 Å². The Bertz CT molecular complexity index is 1190. The molecule has 5 atom stereocenters. The van der Waals surface area contributed by atoms with E-state index in [9.17, 15) is 19.0 Å². The van der Waals surface area contributed by atoms with Crippen molar-refractivity contribution in [3.05, 3.63) is 47.5 Å². The molecule has 3 aromatic rings. The Morgan fingerprint density at radius 2 is 1.89 bits per heavy atom. The molecule has 36 heavy (non-hydrogen) atoms. The van der Waals surface area contributed by atoms with Gasteiger partial charge in [-0.25, -0.2) is 9.07 Å². The summed E-state index contributed by atoms with van der Waals surface area (Å²) in [5.74, 6) is -1.82. The maximum absolute atomic E-state index is 14.6. The normalized spacial score (nSPS) is 24.8. The van der Waals surface area contributed by atoms with Crippen LogP contribution in [0.3, 0.4) is 0 Å². The van der Waals surface area contributed by atoms with Crippen LogP contribution >= 0.6 is 0 Å². The van der Waals surface area contributed by atoms with Crippen molar-refractivity contribution in [1.82, 2.24) is 20.2 Å². The molecule has 1 aromatic carbocycles. The number of aromatic nitrogens is 4. The largest absolute Gasteiger partial charge is 0.494 e. The molecule has 3 heterocycles. The second kappa shape index (κ2) is 10.2. The Kier molecular flexibility index (Phi) is 7.41. The Morgan fingerprint density at radius 3 is 2.50 bits per heavy atom. The molecule has 12 heteroatoms. The van der Waals surface area contributed by atoms with Crippen LogP contribution in [0.5, 0.6) is 5.75 Å². The van der Waals surface area contributed by atoms with Gasteiger partial charge in [-0.3, -0.25) is 0 Å². The van der Waals surface area contributed by atoms with Crippen molar-refractivity contribution in [2.75, 3.05) is 20.8 Å². The first-order valence-electron chi connectivity index (χ1n) is 11.5. The first-order valence-corrected chi connectivity index (χ1v) is 11.5. The number of rotatable bonds is 7. The molecule has 1 aliphatic rings. The molecular formula is C24H30F2N4O6. The molecule has 2 aromatic heterocycles. The summed E-state index contributed by atoms with van der Waals surface area (Å²) in [4.78, 5) is 0. The van der Waals surface area contributed by atoms with Crippen LogP contribution < -0.4 is 4.74 Å². The number of halogens is 2. The molecule has 0 unspecified atom stereocenters. The van der Waals surface area contributed by atoms with Gasteiger partial charge in [-0.2, -0.15) is 4.39 Å². The van der Waals surface area contributed by atoms with E-state index in [1.807, 2.05) is 26.8 Å². The average molecular weight is 509 g/mol. The fraction of sp³-hybridized carbons (Fsp3) is 0.542.